The molecule has 2 heterocycles. The van der Waals surface area contributed by atoms with Gasteiger partial charge < -0.3 is 14.9 Å². The number of rotatable bonds is 4. The van der Waals surface area contributed by atoms with Crippen molar-refractivity contribution in [2.24, 2.45) is 0 Å². The highest BCUT2D eigenvalue weighted by molar-refractivity contribution is 8.02. The number of nitrogens with zero attached hydrogens (tertiary/aromatic N) is 2. The lowest BCUT2D eigenvalue weighted by Crippen LogP contribution is -2.59. The fraction of sp³-hybridized carbons (Fsp3) is 0.474. The number of aryl methyl sites for hydroxylation is 2. The SMILES string of the molecule is CCOC(=O)OC1CC(c2ccc(C)cc2C)N2NC(SC)=C(C#N)C2N1. The fourth-order valence-electron chi connectivity index (χ4n) is 3.58. The predicted octanol–water partition coefficient (Wildman–Crippen LogP) is 3.08. The molecule has 0 amide bonds. The molecule has 0 radical (unpaired) electrons. The molecule has 0 spiro atoms. The number of hydrogen-bond acceptors (Lipinski definition) is 8. The zero-order valence-corrected chi connectivity index (χ0v) is 16.7. The molecular weight excluding hydrogens is 364 g/mol. The first-order chi connectivity index (χ1) is 13.0. The van der Waals surface area contributed by atoms with Crippen molar-refractivity contribution >= 4 is 17.9 Å². The van der Waals surface area contributed by atoms with Crippen LogP contribution in [0.3, 0.4) is 0 Å². The van der Waals surface area contributed by atoms with Crippen LogP contribution in [0, 0.1) is 25.2 Å². The Morgan fingerprint density at radius 3 is 2.85 bits per heavy atom. The summed E-state index contributed by atoms with van der Waals surface area (Å²) in [6, 6.07) is 8.53. The molecule has 2 aliphatic rings. The van der Waals surface area contributed by atoms with Gasteiger partial charge in [0.15, 0.2) is 6.23 Å². The lowest BCUT2D eigenvalue weighted by molar-refractivity contribution is -0.0550. The van der Waals surface area contributed by atoms with E-state index in [-0.39, 0.29) is 18.8 Å². The summed E-state index contributed by atoms with van der Waals surface area (Å²) in [5.74, 6) is 0. The Morgan fingerprint density at radius 1 is 1.44 bits per heavy atom. The quantitative estimate of drug-likeness (QED) is 0.761. The van der Waals surface area contributed by atoms with Gasteiger partial charge in [0.1, 0.15) is 12.2 Å². The van der Waals surface area contributed by atoms with Crippen molar-refractivity contribution in [1.82, 2.24) is 15.8 Å². The van der Waals surface area contributed by atoms with Gasteiger partial charge in [-0.15, -0.1) is 11.8 Å². The first-order valence-corrected chi connectivity index (χ1v) is 10.1. The van der Waals surface area contributed by atoms with Gasteiger partial charge in [0.25, 0.3) is 0 Å². The standard InChI is InChI=1S/C19H24N4O3S/c1-5-25-19(24)26-16-9-15(13-7-6-11(2)8-12(13)3)23-17(21-16)14(10-20)18(22-23)27-4/h6-8,15-17,21-22H,5,9H2,1-4H3. The van der Waals surface area contributed by atoms with Gasteiger partial charge in [-0.05, 0) is 38.2 Å². The Labute approximate surface area is 163 Å². The maximum Gasteiger partial charge on any atom is 0.509 e. The summed E-state index contributed by atoms with van der Waals surface area (Å²) in [6.07, 6.45) is 0.823. The highest BCUT2D eigenvalue weighted by atomic mass is 32.2. The van der Waals surface area contributed by atoms with Crippen LogP contribution in [0.1, 0.15) is 36.1 Å². The van der Waals surface area contributed by atoms with Crippen LogP contribution < -0.4 is 10.7 Å². The highest BCUT2D eigenvalue weighted by Gasteiger charge is 2.45. The molecule has 0 saturated carbocycles. The predicted molar refractivity (Wildman–Crippen MR) is 103 cm³/mol. The third kappa shape index (κ3) is 3.90. The topological polar surface area (TPSA) is 86.6 Å². The molecule has 3 unspecified atom stereocenters. The molecule has 0 bridgehead atoms. The van der Waals surface area contributed by atoms with Gasteiger partial charge in [0.05, 0.1) is 23.3 Å². The highest BCUT2D eigenvalue weighted by Crippen LogP contribution is 2.39. The van der Waals surface area contributed by atoms with E-state index in [1.54, 1.807) is 6.92 Å². The van der Waals surface area contributed by atoms with Crippen molar-refractivity contribution in [3.63, 3.8) is 0 Å². The van der Waals surface area contributed by atoms with Gasteiger partial charge in [-0.3, -0.25) is 5.32 Å². The van der Waals surface area contributed by atoms with E-state index in [1.165, 1.54) is 17.3 Å². The van der Waals surface area contributed by atoms with E-state index in [0.29, 0.717) is 12.0 Å². The molecule has 144 valence electrons. The molecule has 1 aromatic carbocycles. The van der Waals surface area contributed by atoms with Gasteiger partial charge in [0.2, 0.25) is 0 Å². The molecule has 1 aromatic rings. The van der Waals surface area contributed by atoms with E-state index >= 15 is 0 Å². The van der Waals surface area contributed by atoms with Gasteiger partial charge in [-0.25, -0.2) is 4.79 Å². The maximum absolute atomic E-state index is 11.8. The Hall–Kier alpha value is -2.21. The third-order valence-electron chi connectivity index (χ3n) is 4.75. The summed E-state index contributed by atoms with van der Waals surface area (Å²) in [6.45, 7) is 6.12. The van der Waals surface area contributed by atoms with E-state index in [4.69, 9.17) is 9.47 Å². The number of nitrogens with one attached hydrogen (secondary N) is 2. The molecule has 1 saturated heterocycles. The summed E-state index contributed by atoms with van der Waals surface area (Å²) in [5.41, 5.74) is 7.43. The molecule has 3 rings (SSSR count). The average Bonchev–Trinajstić information content (AvgIpc) is 2.99. The van der Waals surface area contributed by atoms with E-state index in [1.807, 2.05) is 11.3 Å². The molecule has 8 heteroatoms. The zero-order chi connectivity index (χ0) is 19.6. The second kappa shape index (κ2) is 8.21. The smallest absolute Gasteiger partial charge is 0.435 e. The van der Waals surface area contributed by atoms with Gasteiger partial charge in [-0.2, -0.15) is 10.3 Å². The number of thioether (sulfide) groups is 1. The van der Waals surface area contributed by atoms with E-state index < -0.39 is 12.4 Å². The zero-order valence-electron chi connectivity index (χ0n) is 15.9. The second-order valence-electron chi connectivity index (χ2n) is 6.55. The summed E-state index contributed by atoms with van der Waals surface area (Å²) >= 11 is 1.49. The molecule has 0 aliphatic carbocycles. The van der Waals surface area contributed by atoms with Crippen molar-refractivity contribution in [3.8, 4) is 6.07 Å². The number of carbonyl (C=O) groups is 1. The van der Waals surface area contributed by atoms with Crippen LogP contribution in [-0.2, 0) is 9.47 Å². The van der Waals surface area contributed by atoms with Crippen LogP contribution in [0.5, 0.6) is 0 Å². The number of carbonyl (C=O) groups excluding carboxylic acids is 1. The van der Waals surface area contributed by atoms with Gasteiger partial charge in [-0.1, -0.05) is 23.8 Å². The molecule has 3 atom stereocenters. The largest absolute Gasteiger partial charge is 0.509 e. The molecular formula is C19H24N4O3S. The molecule has 2 N–H and O–H groups in total. The molecule has 0 aromatic heterocycles. The Morgan fingerprint density at radius 2 is 2.22 bits per heavy atom. The minimum absolute atomic E-state index is 0.0655. The Balaban J connectivity index is 1.94. The van der Waals surface area contributed by atoms with Crippen LogP contribution >= 0.6 is 11.8 Å². The summed E-state index contributed by atoms with van der Waals surface area (Å²) in [7, 11) is 0. The fourth-order valence-corrected chi connectivity index (χ4v) is 4.16. The minimum atomic E-state index is -0.707. The van der Waals surface area contributed by atoms with Crippen molar-refractivity contribution in [2.75, 3.05) is 12.9 Å². The molecule has 1 fully saturated rings. The maximum atomic E-state index is 11.8. The number of ether oxygens (including phenoxy) is 2. The minimum Gasteiger partial charge on any atom is -0.435 e. The number of hydrazine groups is 1. The van der Waals surface area contributed by atoms with Crippen LogP contribution in [-0.4, -0.2) is 36.4 Å². The van der Waals surface area contributed by atoms with Crippen molar-refractivity contribution in [1.29, 1.82) is 5.26 Å². The second-order valence-corrected chi connectivity index (χ2v) is 7.36. The van der Waals surface area contributed by atoms with Crippen LogP contribution in [0.25, 0.3) is 0 Å². The molecule has 27 heavy (non-hydrogen) atoms. The first kappa shape index (κ1) is 19.5. The Bertz CT molecular complexity index is 805. The summed E-state index contributed by atoms with van der Waals surface area (Å²) < 4.78 is 10.4. The lowest BCUT2D eigenvalue weighted by Gasteiger charge is -2.42. The van der Waals surface area contributed by atoms with Gasteiger partial charge in [0, 0.05) is 6.42 Å². The average molecular weight is 388 g/mol. The van der Waals surface area contributed by atoms with Crippen LogP contribution in [0.2, 0.25) is 0 Å². The summed E-state index contributed by atoms with van der Waals surface area (Å²) in [5, 5.41) is 15.7. The monoisotopic (exact) mass is 388 g/mol. The number of benzene rings is 1. The van der Waals surface area contributed by atoms with E-state index in [9.17, 15) is 10.1 Å². The number of fused-ring (bicyclic) bond motifs is 1. The number of hydrogen-bond donors (Lipinski definition) is 2. The van der Waals surface area contributed by atoms with Crippen molar-refractivity contribution in [2.45, 2.75) is 45.6 Å². The van der Waals surface area contributed by atoms with Gasteiger partial charge >= 0.3 is 6.16 Å². The molecule has 2 aliphatic heterocycles. The van der Waals surface area contributed by atoms with Crippen molar-refractivity contribution in [3.05, 3.63) is 45.5 Å². The van der Waals surface area contributed by atoms with Crippen LogP contribution in [0.15, 0.2) is 28.8 Å². The van der Waals surface area contributed by atoms with Crippen molar-refractivity contribution < 1.29 is 14.3 Å². The van der Waals surface area contributed by atoms with Crippen LogP contribution in [0.4, 0.5) is 4.79 Å². The first-order valence-electron chi connectivity index (χ1n) is 8.88. The Kier molecular flexibility index (Phi) is 5.95. The lowest BCUT2D eigenvalue weighted by atomic mass is 9.94. The van der Waals surface area contributed by atoms with E-state index in [0.717, 1.165) is 16.2 Å². The normalized spacial score (nSPS) is 24.8. The third-order valence-corrected chi connectivity index (χ3v) is 5.47. The van der Waals surface area contributed by atoms with E-state index in [2.05, 4.69) is 48.9 Å². The number of nitriles is 1. The molecule has 7 nitrogen and oxygen atoms in total. The summed E-state index contributed by atoms with van der Waals surface area (Å²) in [4.78, 5) is 11.8.